The molecule has 0 heterocycles. The molecular weight excluding hydrogens is 196 g/mol. The molecule has 1 unspecified atom stereocenters. The normalized spacial score (nSPS) is 47.6. The lowest BCUT2D eigenvalue weighted by Crippen LogP contribution is -2.48. The standard InChI is InChI=1S/C15H26O/c1-10(2)9-14-11(3)5-6-13-12(4)7-8-15(13,14)16/h9,11-14,16H,5-8H2,1-4H3/t11-,12-,13+,14?,15-/m0/s1. The molecule has 16 heavy (non-hydrogen) atoms. The molecule has 92 valence electrons. The Morgan fingerprint density at radius 3 is 2.44 bits per heavy atom. The molecule has 0 bridgehead atoms. The molecule has 0 spiro atoms. The minimum atomic E-state index is -0.394. The SMILES string of the molecule is CC(C)=CC1[C@@H](C)CC[C@@H]2[C@@H](C)CC[C@@]12O. The molecular formula is C15H26O. The summed E-state index contributed by atoms with van der Waals surface area (Å²) in [4.78, 5) is 0. The summed E-state index contributed by atoms with van der Waals surface area (Å²) in [5.74, 6) is 2.29. The van der Waals surface area contributed by atoms with Gasteiger partial charge in [0.05, 0.1) is 5.60 Å². The average Bonchev–Trinajstić information content (AvgIpc) is 2.49. The maximum atomic E-state index is 11.0. The van der Waals surface area contributed by atoms with Crippen LogP contribution >= 0.6 is 0 Å². The second-order valence-electron chi connectivity index (χ2n) is 6.44. The van der Waals surface area contributed by atoms with E-state index in [1.807, 2.05) is 0 Å². The highest BCUT2D eigenvalue weighted by Gasteiger charge is 2.53. The van der Waals surface area contributed by atoms with Crippen LogP contribution in [0.1, 0.15) is 53.4 Å². The Labute approximate surface area is 99.9 Å². The quantitative estimate of drug-likeness (QED) is 0.669. The number of hydrogen-bond acceptors (Lipinski definition) is 1. The third kappa shape index (κ3) is 1.84. The molecule has 0 saturated heterocycles. The Morgan fingerprint density at radius 1 is 1.12 bits per heavy atom. The van der Waals surface area contributed by atoms with Gasteiger partial charge in [0.15, 0.2) is 0 Å². The number of aliphatic hydroxyl groups is 1. The van der Waals surface area contributed by atoms with E-state index in [2.05, 4.69) is 33.8 Å². The number of rotatable bonds is 1. The van der Waals surface area contributed by atoms with Gasteiger partial charge in [-0.25, -0.2) is 0 Å². The van der Waals surface area contributed by atoms with Crippen LogP contribution in [0.3, 0.4) is 0 Å². The zero-order chi connectivity index (χ0) is 11.9. The van der Waals surface area contributed by atoms with Gasteiger partial charge >= 0.3 is 0 Å². The number of hydrogen-bond donors (Lipinski definition) is 1. The summed E-state index contributed by atoms with van der Waals surface area (Å²) < 4.78 is 0. The Bertz CT molecular complexity index is 290. The summed E-state index contributed by atoms with van der Waals surface area (Å²) in [5, 5.41) is 11.0. The summed E-state index contributed by atoms with van der Waals surface area (Å²) in [7, 11) is 0. The molecule has 2 aliphatic rings. The van der Waals surface area contributed by atoms with E-state index < -0.39 is 5.60 Å². The maximum absolute atomic E-state index is 11.0. The molecule has 0 amide bonds. The smallest absolute Gasteiger partial charge is 0.0743 e. The molecule has 2 fully saturated rings. The molecule has 0 aromatic rings. The zero-order valence-electron chi connectivity index (χ0n) is 11.2. The molecule has 0 aromatic carbocycles. The molecule has 2 saturated carbocycles. The first-order valence-electron chi connectivity index (χ1n) is 6.82. The fraction of sp³-hybridized carbons (Fsp3) is 0.867. The van der Waals surface area contributed by atoms with Crippen molar-refractivity contribution in [1.82, 2.24) is 0 Å². The van der Waals surface area contributed by atoms with Crippen molar-refractivity contribution in [3.8, 4) is 0 Å². The lowest BCUT2D eigenvalue weighted by molar-refractivity contribution is -0.0859. The van der Waals surface area contributed by atoms with Gasteiger partial charge in [0, 0.05) is 5.92 Å². The van der Waals surface area contributed by atoms with E-state index >= 15 is 0 Å². The average molecular weight is 222 g/mol. The van der Waals surface area contributed by atoms with Gasteiger partial charge in [-0.3, -0.25) is 0 Å². The second-order valence-corrected chi connectivity index (χ2v) is 6.44. The minimum absolute atomic E-state index is 0.390. The molecule has 1 N–H and O–H groups in total. The van der Waals surface area contributed by atoms with Crippen LogP contribution in [0.25, 0.3) is 0 Å². The molecule has 1 heteroatoms. The van der Waals surface area contributed by atoms with Crippen molar-refractivity contribution in [2.45, 2.75) is 59.0 Å². The number of allylic oxidation sites excluding steroid dienone is 1. The predicted molar refractivity (Wildman–Crippen MR) is 68.2 cm³/mol. The summed E-state index contributed by atoms with van der Waals surface area (Å²) in [5.41, 5.74) is 0.958. The van der Waals surface area contributed by atoms with E-state index in [9.17, 15) is 5.11 Å². The van der Waals surface area contributed by atoms with E-state index in [0.29, 0.717) is 23.7 Å². The van der Waals surface area contributed by atoms with Crippen LogP contribution in [-0.2, 0) is 0 Å². The fourth-order valence-electron chi connectivity index (χ4n) is 4.07. The lowest BCUT2D eigenvalue weighted by Gasteiger charge is -2.45. The van der Waals surface area contributed by atoms with Crippen molar-refractivity contribution in [3.63, 3.8) is 0 Å². The second kappa shape index (κ2) is 4.18. The van der Waals surface area contributed by atoms with Gasteiger partial charge in [0.25, 0.3) is 0 Å². The van der Waals surface area contributed by atoms with Gasteiger partial charge in [-0.05, 0) is 57.3 Å². The first-order valence-corrected chi connectivity index (χ1v) is 6.82. The Balaban J connectivity index is 2.30. The predicted octanol–water partition coefficient (Wildman–Crippen LogP) is 3.78. The Hall–Kier alpha value is -0.300. The third-order valence-electron chi connectivity index (χ3n) is 4.97. The third-order valence-corrected chi connectivity index (χ3v) is 4.97. The molecule has 5 atom stereocenters. The van der Waals surface area contributed by atoms with Crippen molar-refractivity contribution in [1.29, 1.82) is 0 Å². The van der Waals surface area contributed by atoms with E-state index in [0.717, 1.165) is 6.42 Å². The van der Waals surface area contributed by atoms with Gasteiger partial charge in [-0.2, -0.15) is 0 Å². The maximum Gasteiger partial charge on any atom is 0.0743 e. The van der Waals surface area contributed by atoms with Crippen LogP contribution in [-0.4, -0.2) is 10.7 Å². The zero-order valence-corrected chi connectivity index (χ0v) is 11.2. The van der Waals surface area contributed by atoms with Crippen molar-refractivity contribution in [2.24, 2.45) is 23.7 Å². The van der Waals surface area contributed by atoms with Gasteiger partial charge in [-0.15, -0.1) is 0 Å². The highest BCUT2D eigenvalue weighted by molar-refractivity contribution is 5.13. The van der Waals surface area contributed by atoms with Crippen molar-refractivity contribution < 1.29 is 5.11 Å². The van der Waals surface area contributed by atoms with Crippen molar-refractivity contribution >= 4 is 0 Å². The van der Waals surface area contributed by atoms with Gasteiger partial charge in [0.2, 0.25) is 0 Å². The summed E-state index contributed by atoms with van der Waals surface area (Å²) in [6, 6.07) is 0. The van der Waals surface area contributed by atoms with Crippen LogP contribution in [0.2, 0.25) is 0 Å². The van der Waals surface area contributed by atoms with E-state index in [1.165, 1.54) is 24.8 Å². The van der Waals surface area contributed by atoms with Crippen LogP contribution in [0.5, 0.6) is 0 Å². The van der Waals surface area contributed by atoms with Gasteiger partial charge < -0.3 is 5.11 Å². The van der Waals surface area contributed by atoms with Crippen LogP contribution in [0.4, 0.5) is 0 Å². The van der Waals surface area contributed by atoms with Crippen molar-refractivity contribution in [3.05, 3.63) is 11.6 Å². The molecule has 0 aromatic heterocycles. The lowest BCUT2D eigenvalue weighted by atomic mass is 9.63. The van der Waals surface area contributed by atoms with Crippen molar-refractivity contribution in [2.75, 3.05) is 0 Å². The first-order chi connectivity index (χ1) is 7.45. The van der Waals surface area contributed by atoms with E-state index in [4.69, 9.17) is 0 Å². The largest absolute Gasteiger partial charge is 0.389 e. The van der Waals surface area contributed by atoms with Gasteiger partial charge in [0.1, 0.15) is 0 Å². The fourth-order valence-corrected chi connectivity index (χ4v) is 4.07. The summed E-state index contributed by atoms with van der Waals surface area (Å²) in [6.45, 7) is 8.93. The molecule has 1 nitrogen and oxygen atoms in total. The van der Waals surface area contributed by atoms with E-state index in [-0.39, 0.29) is 0 Å². The van der Waals surface area contributed by atoms with Crippen LogP contribution < -0.4 is 0 Å². The topological polar surface area (TPSA) is 20.2 Å². The summed E-state index contributed by atoms with van der Waals surface area (Å²) >= 11 is 0. The van der Waals surface area contributed by atoms with Gasteiger partial charge in [-0.1, -0.05) is 25.5 Å². The summed E-state index contributed by atoms with van der Waals surface area (Å²) in [6.07, 6.45) is 7.06. The van der Waals surface area contributed by atoms with Crippen LogP contribution in [0, 0.1) is 23.7 Å². The highest BCUT2D eigenvalue weighted by Crippen LogP contribution is 2.53. The first kappa shape index (κ1) is 12.2. The highest BCUT2D eigenvalue weighted by atomic mass is 16.3. The Morgan fingerprint density at radius 2 is 1.81 bits per heavy atom. The van der Waals surface area contributed by atoms with E-state index in [1.54, 1.807) is 0 Å². The monoisotopic (exact) mass is 222 g/mol. The Kier molecular flexibility index (Phi) is 3.18. The number of fused-ring (bicyclic) bond motifs is 1. The van der Waals surface area contributed by atoms with Crippen LogP contribution in [0.15, 0.2) is 11.6 Å². The molecule has 2 aliphatic carbocycles. The minimum Gasteiger partial charge on any atom is -0.389 e. The molecule has 0 aliphatic heterocycles. The molecule has 2 rings (SSSR count). The molecule has 0 radical (unpaired) electrons.